The first-order valence-electron chi connectivity index (χ1n) is 12.5. The second-order valence-electron chi connectivity index (χ2n) is 10.1. The number of aliphatic hydroxyl groups is 1. The van der Waals surface area contributed by atoms with Crippen LogP contribution in [0.1, 0.15) is 89.9 Å². The highest BCUT2D eigenvalue weighted by Crippen LogP contribution is 2.43. The molecule has 5 atom stereocenters. The molecule has 0 aromatic rings. The highest BCUT2D eigenvalue weighted by atomic mass is 32.2. The minimum absolute atomic E-state index is 0.286. The Hall–Kier alpha value is -0.320. The lowest BCUT2D eigenvalue weighted by atomic mass is 9.68. The standard InChI is InChI=1S/C25H41NO2S/c27-24(26-16-14-19-6-1-2-8-22(19)18-26)15-17-29-25(28)13-12-21-10-5-9-20-7-3-4-11-23(20)21/h12,19-20,22-24,27H,1-11,13-18H2. The maximum atomic E-state index is 12.4. The van der Waals surface area contributed by atoms with Gasteiger partial charge in [-0.1, -0.05) is 55.5 Å². The summed E-state index contributed by atoms with van der Waals surface area (Å²) in [5, 5.41) is 10.9. The topological polar surface area (TPSA) is 40.5 Å². The Morgan fingerprint density at radius 2 is 1.72 bits per heavy atom. The molecular formula is C25H41NO2S. The van der Waals surface area contributed by atoms with Gasteiger partial charge in [0, 0.05) is 25.3 Å². The van der Waals surface area contributed by atoms with E-state index < -0.39 is 0 Å². The molecule has 1 saturated heterocycles. The van der Waals surface area contributed by atoms with Crippen molar-refractivity contribution >= 4 is 16.9 Å². The fourth-order valence-electron chi connectivity index (χ4n) is 6.68. The lowest BCUT2D eigenvalue weighted by Gasteiger charge is -2.43. The summed E-state index contributed by atoms with van der Waals surface area (Å²) >= 11 is 1.44. The number of fused-ring (bicyclic) bond motifs is 2. The van der Waals surface area contributed by atoms with Crippen LogP contribution in [0.2, 0.25) is 0 Å². The van der Waals surface area contributed by atoms with Gasteiger partial charge in [0.1, 0.15) is 6.23 Å². The zero-order valence-corrected chi connectivity index (χ0v) is 19.0. The molecule has 4 fully saturated rings. The molecule has 0 aromatic carbocycles. The highest BCUT2D eigenvalue weighted by Gasteiger charge is 2.33. The van der Waals surface area contributed by atoms with Gasteiger partial charge in [0.05, 0.1) is 0 Å². The van der Waals surface area contributed by atoms with Crippen LogP contribution in [0.15, 0.2) is 11.6 Å². The van der Waals surface area contributed by atoms with Crippen LogP contribution < -0.4 is 0 Å². The summed E-state index contributed by atoms with van der Waals surface area (Å²) < 4.78 is 0. The number of allylic oxidation sites excluding steroid dienone is 2. The van der Waals surface area contributed by atoms with Crippen molar-refractivity contribution in [3.63, 3.8) is 0 Å². The molecule has 5 unspecified atom stereocenters. The minimum atomic E-state index is -0.363. The Labute approximate surface area is 182 Å². The van der Waals surface area contributed by atoms with Crippen molar-refractivity contribution in [2.45, 2.75) is 96.1 Å². The molecule has 0 amide bonds. The maximum Gasteiger partial charge on any atom is 0.192 e. The van der Waals surface area contributed by atoms with Crippen LogP contribution in [-0.4, -0.2) is 40.2 Å². The Balaban J connectivity index is 1.16. The summed E-state index contributed by atoms with van der Waals surface area (Å²) in [4.78, 5) is 14.7. The Kier molecular flexibility index (Phi) is 8.17. The average Bonchev–Trinajstić information content (AvgIpc) is 2.77. The van der Waals surface area contributed by atoms with E-state index in [-0.39, 0.29) is 11.3 Å². The number of carbonyl (C=O) groups excluding carboxylic acids is 1. The number of piperidine rings is 1. The van der Waals surface area contributed by atoms with E-state index >= 15 is 0 Å². The van der Waals surface area contributed by atoms with E-state index in [2.05, 4.69) is 11.0 Å². The van der Waals surface area contributed by atoms with Gasteiger partial charge in [-0.15, -0.1) is 0 Å². The number of rotatable bonds is 6. The van der Waals surface area contributed by atoms with Crippen LogP contribution in [0, 0.1) is 23.7 Å². The number of aliphatic hydroxyl groups excluding tert-OH is 1. The third-order valence-electron chi connectivity index (χ3n) is 8.34. The van der Waals surface area contributed by atoms with E-state index in [9.17, 15) is 9.90 Å². The number of hydrogen-bond acceptors (Lipinski definition) is 4. The molecule has 4 heteroatoms. The third-order valence-corrected chi connectivity index (χ3v) is 9.27. The van der Waals surface area contributed by atoms with Gasteiger partial charge in [-0.2, -0.15) is 0 Å². The van der Waals surface area contributed by atoms with E-state index in [0.717, 1.165) is 48.9 Å². The van der Waals surface area contributed by atoms with Crippen molar-refractivity contribution < 1.29 is 9.90 Å². The van der Waals surface area contributed by atoms with Gasteiger partial charge in [0.15, 0.2) is 5.12 Å². The zero-order chi connectivity index (χ0) is 20.1. The quantitative estimate of drug-likeness (QED) is 0.555. The molecule has 1 heterocycles. The molecule has 4 aliphatic rings. The summed E-state index contributed by atoms with van der Waals surface area (Å²) in [5.41, 5.74) is 1.59. The van der Waals surface area contributed by atoms with Crippen molar-refractivity contribution in [1.29, 1.82) is 0 Å². The molecule has 164 valence electrons. The average molecular weight is 420 g/mol. The lowest BCUT2D eigenvalue weighted by Crippen LogP contribution is -2.47. The predicted octanol–water partition coefficient (Wildman–Crippen LogP) is 5.77. The van der Waals surface area contributed by atoms with E-state index in [1.165, 1.54) is 88.8 Å². The molecule has 29 heavy (non-hydrogen) atoms. The molecule has 4 rings (SSSR count). The van der Waals surface area contributed by atoms with E-state index in [1.807, 2.05) is 0 Å². The third kappa shape index (κ3) is 5.89. The van der Waals surface area contributed by atoms with Crippen LogP contribution in [0.5, 0.6) is 0 Å². The summed E-state index contributed by atoms with van der Waals surface area (Å²) in [7, 11) is 0. The molecule has 0 radical (unpaired) electrons. The molecular weight excluding hydrogens is 378 g/mol. The maximum absolute atomic E-state index is 12.4. The summed E-state index contributed by atoms with van der Waals surface area (Å²) in [6.45, 7) is 2.11. The van der Waals surface area contributed by atoms with Gasteiger partial charge in [-0.3, -0.25) is 9.69 Å². The highest BCUT2D eigenvalue weighted by molar-refractivity contribution is 8.13. The monoisotopic (exact) mass is 419 g/mol. The second kappa shape index (κ2) is 10.8. The Morgan fingerprint density at radius 1 is 1.00 bits per heavy atom. The second-order valence-corrected chi connectivity index (χ2v) is 11.3. The molecule has 0 spiro atoms. The van der Waals surface area contributed by atoms with E-state index in [0.29, 0.717) is 6.42 Å². The van der Waals surface area contributed by atoms with Crippen LogP contribution in [0.3, 0.4) is 0 Å². The fourth-order valence-corrected chi connectivity index (χ4v) is 7.44. The van der Waals surface area contributed by atoms with Gasteiger partial charge in [-0.25, -0.2) is 0 Å². The molecule has 3 aliphatic carbocycles. The van der Waals surface area contributed by atoms with Crippen molar-refractivity contribution in [2.75, 3.05) is 18.8 Å². The number of thioether (sulfide) groups is 1. The van der Waals surface area contributed by atoms with Crippen LogP contribution in [-0.2, 0) is 4.79 Å². The van der Waals surface area contributed by atoms with Crippen LogP contribution >= 0.6 is 11.8 Å². The van der Waals surface area contributed by atoms with E-state index in [4.69, 9.17) is 0 Å². The summed E-state index contributed by atoms with van der Waals surface area (Å²) in [6, 6.07) is 0. The predicted molar refractivity (Wildman–Crippen MR) is 122 cm³/mol. The van der Waals surface area contributed by atoms with Crippen LogP contribution in [0.4, 0.5) is 0 Å². The number of nitrogens with zero attached hydrogens (tertiary/aromatic N) is 1. The van der Waals surface area contributed by atoms with Crippen molar-refractivity contribution in [3.8, 4) is 0 Å². The number of likely N-dealkylation sites (tertiary alicyclic amines) is 1. The van der Waals surface area contributed by atoms with Crippen molar-refractivity contribution in [1.82, 2.24) is 4.90 Å². The van der Waals surface area contributed by atoms with E-state index in [1.54, 1.807) is 5.57 Å². The number of carbonyl (C=O) groups is 1. The molecule has 0 bridgehead atoms. The molecule has 1 aliphatic heterocycles. The SMILES string of the molecule is O=C(CC=C1CCCC2CCCCC12)SCCC(O)N1CCC2CCCCC2C1. The first-order valence-corrected chi connectivity index (χ1v) is 13.5. The van der Waals surface area contributed by atoms with Crippen molar-refractivity contribution in [3.05, 3.63) is 11.6 Å². The summed E-state index contributed by atoms with van der Waals surface area (Å²) in [5.74, 6) is 4.13. The first kappa shape index (κ1) is 21.9. The zero-order valence-electron chi connectivity index (χ0n) is 18.2. The first-order chi connectivity index (χ1) is 14.2. The molecule has 1 N–H and O–H groups in total. The minimum Gasteiger partial charge on any atom is -0.378 e. The largest absolute Gasteiger partial charge is 0.378 e. The fraction of sp³-hybridized carbons (Fsp3) is 0.880. The Morgan fingerprint density at radius 3 is 2.59 bits per heavy atom. The van der Waals surface area contributed by atoms with Gasteiger partial charge in [-0.05, 0) is 75.0 Å². The van der Waals surface area contributed by atoms with Gasteiger partial charge >= 0.3 is 0 Å². The normalized spacial score (nSPS) is 35.7. The van der Waals surface area contributed by atoms with Gasteiger partial charge in [0.2, 0.25) is 0 Å². The summed E-state index contributed by atoms with van der Waals surface area (Å²) in [6.07, 6.45) is 19.5. The van der Waals surface area contributed by atoms with Crippen LogP contribution in [0.25, 0.3) is 0 Å². The smallest absolute Gasteiger partial charge is 0.192 e. The number of hydrogen-bond donors (Lipinski definition) is 1. The molecule has 3 saturated carbocycles. The lowest BCUT2D eigenvalue weighted by molar-refractivity contribution is -0.110. The molecule has 3 nitrogen and oxygen atoms in total. The van der Waals surface area contributed by atoms with Crippen molar-refractivity contribution in [2.24, 2.45) is 23.7 Å². The Bertz CT molecular complexity index is 575. The van der Waals surface area contributed by atoms with Gasteiger partial charge in [0.25, 0.3) is 0 Å². The molecule has 0 aromatic heterocycles. The van der Waals surface area contributed by atoms with Gasteiger partial charge < -0.3 is 5.11 Å².